The highest BCUT2D eigenvalue weighted by Gasteiger charge is 2.06. The Bertz CT molecular complexity index is 986. The lowest BCUT2D eigenvalue weighted by atomic mass is 10.2. The molecule has 0 unspecified atom stereocenters. The van der Waals surface area contributed by atoms with Gasteiger partial charge < -0.3 is 14.9 Å². The van der Waals surface area contributed by atoms with Crippen LogP contribution < -0.4 is 10.3 Å². The maximum absolute atomic E-state index is 11.9. The Hall–Kier alpha value is -3.68. The Morgan fingerprint density at radius 2 is 1.74 bits per heavy atom. The number of hydrogen-bond acceptors (Lipinski definition) is 5. The van der Waals surface area contributed by atoms with Crippen LogP contribution in [-0.2, 0) is 16.0 Å². The molecule has 2 aromatic heterocycles. The zero-order valence-corrected chi connectivity index (χ0v) is 14.5. The summed E-state index contributed by atoms with van der Waals surface area (Å²) >= 11 is 0. The highest BCUT2D eigenvalue weighted by molar-refractivity contribution is 6.27. The number of fused-ring (bicyclic) bond motifs is 1. The summed E-state index contributed by atoms with van der Waals surface area (Å²) in [4.78, 5) is 34.5. The van der Waals surface area contributed by atoms with E-state index in [-0.39, 0.29) is 5.56 Å². The Balaban J connectivity index is 0.000000380. The fourth-order valence-corrected chi connectivity index (χ4v) is 2.25. The minimum absolute atomic E-state index is 0.0917. The topological polar surface area (TPSA) is 118 Å². The van der Waals surface area contributed by atoms with Gasteiger partial charge >= 0.3 is 11.9 Å². The zero-order valence-electron chi connectivity index (χ0n) is 14.5. The summed E-state index contributed by atoms with van der Waals surface area (Å²) < 4.78 is 7.32. The summed E-state index contributed by atoms with van der Waals surface area (Å²) in [5.41, 5.74) is 2.39. The van der Waals surface area contributed by atoms with Crippen molar-refractivity contribution < 1.29 is 24.5 Å². The van der Waals surface area contributed by atoms with Crippen LogP contribution in [0.15, 0.2) is 59.5 Å². The van der Waals surface area contributed by atoms with Crippen LogP contribution in [0.4, 0.5) is 0 Å². The molecule has 8 heteroatoms. The number of carbonyl (C=O) groups is 2. The first-order valence-electron chi connectivity index (χ1n) is 8.00. The Morgan fingerprint density at radius 3 is 2.37 bits per heavy atom. The lowest BCUT2D eigenvalue weighted by Gasteiger charge is -2.09. The van der Waals surface area contributed by atoms with Crippen molar-refractivity contribution in [1.82, 2.24) is 9.38 Å². The monoisotopic (exact) mass is 370 g/mol. The highest BCUT2D eigenvalue weighted by Crippen LogP contribution is 2.16. The van der Waals surface area contributed by atoms with E-state index in [9.17, 15) is 4.79 Å². The lowest BCUT2D eigenvalue weighted by molar-refractivity contribution is -0.159. The summed E-state index contributed by atoms with van der Waals surface area (Å²) in [6, 6.07) is 15.3. The summed E-state index contributed by atoms with van der Waals surface area (Å²) in [5.74, 6) is -3.01. The number of rotatable bonds is 4. The minimum Gasteiger partial charge on any atom is -0.489 e. The molecule has 3 rings (SSSR count). The summed E-state index contributed by atoms with van der Waals surface area (Å²) in [6.45, 7) is 2.36. The van der Waals surface area contributed by atoms with E-state index < -0.39 is 11.9 Å². The van der Waals surface area contributed by atoms with Crippen LogP contribution in [0.5, 0.6) is 5.75 Å². The largest absolute Gasteiger partial charge is 0.489 e. The van der Waals surface area contributed by atoms with E-state index in [4.69, 9.17) is 24.5 Å². The summed E-state index contributed by atoms with van der Waals surface area (Å²) in [5, 5.41) is 14.8. The standard InChI is InChI=1S/C17H16N2O2.C2H2O4/c1-13-12-16(20)19-10-5-8-15(17(19)18-13)21-11-9-14-6-3-2-4-7-14;3-1(4)2(5)6/h2-8,10,12H,9,11H2,1H3;(H,3,4)(H,5,6). The van der Waals surface area contributed by atoms with Crippen molar-refractivity contribution in [3.8, 4) is 5.75 Å². The molecular formula is C19H18N2O6. The van der Waals surface area contributed by atoms with Crippen molar-refractivity contribution in [2.75, 3.05) is 6.61 Å². The number of pyridine rings is 1. The number of nitrogens with zero attached hydrogens (tertiary/aromatic N) is 2. The molecule has 27 heavy (non-hydrogen) atoms. The van der Waals surface area contributed by atoms with E-state index in [1.165, 1.54) is 16.0 Å². The maximum atomic E-state index is 11.9. The molecule has 8 nitrogen and oxygen atoms in total. The average Bonchev–Trinajstić information content (AvgIpc) is 2.63. The normalized spacial score (nSPS) is 9.96. The van der Waals surface area contributed by atoms with Crippen LogP contribution in [-0.4, -0.2) is 38.1 Å². The minimum atomic E-state index is -1.82. The first-order valence-corrected chi connectivity index (χ1v) is 8.00. The van der Waals surface area contributed by atoms with Gasteiger partial charge in [-0.15, -0.1) is 0 Å². The van der Waals surface area contributed by atoms with E-state index in [0.717, 1.165) is 6.42 Å². The van der Waals surface area contributed by atoms with E-state index >= 15 is 0 Å². The van der Waals surface area contributed by atoms with Gasteiger partial charge in [0, 0.05) is 24.4 Å². The molecule has 2 heterocycles. The number of aryl methyl sites for hydroxylation is 1. The van der Waals surface area contributed by atoms with Crippen LogP contribution in [0.3, 0.4) is 0 Å². The van der Waals surface area contributed by atoms with Crippen LogP contribution in [0, 0.1) is 6.92 Å². The van der Waals surface area contributed by atoms with E-state index in [1.54, 1.807) is 12.3 Å². The van der Waals surface area contributed by atoms with Crippen molar-refractivity contribution in [3.05, 3.63) is 76.3 Å². The van der Waals surface area contributed by atoms with Crippen molar-refractivity contribution in [3.63, 3.8) is 0 Å². The number of aliphatic carboxylic acids is 2. The van der Waals surface area contributed by atoms with Gasteiger partial charge in [-0.05, 0) is 24.6 Å². The number of ether oxygens (including phenoxy) is 1. The van der Waals surface area contributed by atoms with Crippen molar-refractivity contribution >= 4 is 17.6 Å². The molecule has 0 radical (unpaired) electrons. The van der Waals surface area contributed by atoms with Gasteiger partial charge in [-0.25, -0.2) is 14.6 Å². The van der Waals surface area contributed by atoms with Gasteiger partial charge in [0.05, 0.1) is 6.61 Å². The van der Waals surface area contributed by atoms with Crippen molar-refractivity contribution in [1.29, 1.82) is 0 Å². The zero-order chi connectivity index (χ0) is 19.8. The van der Waals surface area contributed by atoms with Gasteiger partial charge in [0.2, 0.25) is 0 Å². The predicted molar refractivity (Wildman–Crippen MR) is 97.1 cm³/mol. The van der Waals surface area contributed by atoms with E-state index in [1.807, 2.05) is 31.2 Å². The molecule has 3 aromatic rings. The molecule has 0 spiro atoms. The first-order chi connectivity index (χ1) is 12.9. The Morgan fingerprint density at radius 1 is 1.07 bits per heavy atom. The smallest absolute Gasteiger partial charge is 0.414 e. The van der Waals surface area contributed by atoms with E-state index in [0.29, 0.717) is 23.7 Å². The number of benzene rings is 1. The fourth-order valence-electron chi connectivity index (χ4n) is 2.25. The second kappa shape index (κ2) is 9.14. The van der Waals surface area contributed by atoms with Crippen molar-refractivity contribution in [2.24, 2.45) is 0 Å². The van der Waals surface area contributed by atoms with Crippen molar-refractivity contribution in [2.45, 2.75) is 13.3 Å². The van der Waals surface area contributed by atoms with Gasteiger partial charge in [0.1, 0.15) is 0 Å². The highest BCUT2D eigenvalue weighted by atomic mass is 16.5. The van der Waals surface area contributed by atoms with Crippen LogP contribution in [0.1, 0.15) is 11.3 Å². The molecule has 1 aromatic carbocycles. The third-order valence-electron chi connectivity index (χ3n) is 3.46. The quantitative estimate of drug-likeness (QED) is 0.672. The molecule has 0 bridgehead atoms. The summed E-state index contributed by atoms with van der Waals surface area (Å²) in [7, 11) is 0. The Labute approximate surface area is 154 Å². The van der Waals surface area contributed by atoms with Gasteiger partial charge in [0.15, 0.2) is 11.4 Å². The lowest BCUT2D eigenvalue weighted by Crippen LogP contribution is -2.15. The summed E-state index contributed by atoms with van der Waals surface area (Å²) in [6.07, 6.45) is 2.52. The molecule has 0 aliphatic carbocycles. The molecular weight excluding hydrogens is 352 g/mol. The molecule has 0 saturated carbocycles. The molecule has 2 N–H and O–H groups in total. The maximum Gasteiger partial charge on any atom is 0.414 e. The van der Waals surface area contributed by atoms with Gasteiger partial charge in [-0.2, -0.15) is 0 Å². The van der Waals surface area contributed by atoms with Gasteiger partial charge in [0.25, 0.3) is 5.56 Å². The van der Waals surface area contributed by atoms with Crippen LogP contribution >= 0.6 is 0 Å². The van der Waals surface area contributed by atoms with Gasteiger partial charge in [-0.1, -0.05) is 30.3 Å². The molecule has 0 saturated heterocycles. The molecule has 0 atom stereocenters. The molecule has 0 aliphatic heterocycles. The predicted octanol–water partition coefficient (Wildman–Crippen LogP) is 1.78. The van der Waals surface area contributed by atoms with Crippen LogP contribution in [0.25, 0.3) is 5.65 Å². The molecule has 0 amide bonds. The average molecular weight is 370 g/mol. The third-order valence-corrected chi connectivity index (χ3v) is 3.46. The Kier molecular flexibility index (Phi) is 6.65. The van der Waals surface area contributed by atoms with Crippen LogP contribution in [0.2, 0.25) is 0 Å². The second-order valence-electron chi connectivity index (χ2n) is 5.50. The molecule has 0 fully saturated rings. The number of hydrogen-bond donors (Lipinski definition) is 2. The number of aromatic nitrogens is 2. The first kappa shape index (κ1) is 19.6. The fraction of sp³-hybridized carbons (Fsp3) is 0.158. The van der Waals surface area contributed by atoms with Gasteiger partial charge in [-0.3, -0.25) is 9.20 Å². The third kappa shape index (κ3) is 5.67. The second-order valence-corrected chi connectivity index (χ2v) is 5.50. The molecule has 140 valence electrons. The number of carboxylic acids is 2. The number of carboxylic acid groups (broad SMARTS) is 2. The SMILES string of the molecule is Cc1cc(=O)n2cccc(OCCc3ccccc3)c2n1.O=C(O)C(=O)O. The molecule has 0 aliphatic rings. The van der Waals surface area contributed by atoms with E-state index in [2.05, 4.69) is 17.1 Å².